The van der Waals surface area contributed by atoms with E-state index in [-0.39, 0.29) is 5.78 Å². The molecule has 0 fully saturated rings. The summed E-state index contributed by atoms with van der Waals surface area (Å²) in [5.74, 6) is -0.0405. The fourth-order valence-electron chi connectivity index (χ4n) is 3.68. The van der Waals surface area contributed by atoms with Gasteiger partial charge in [-0.25, -0.2) is 0 Å². The van der Waals surface area contributed by atoms with Crippen LogP contribution in [0.5, 0.6) is 0 Å². The molecule has 0 N–H and O–H groups in total. The first-order chi connectivity index (χ1) is 14.5. The van der Waals surface area contributed by atoms with Crippen LogP contribution in [0.4, 0.5) is 5.69 Å². The number of ketones is 1. The van der Waals surface area contributed by atoms with E-state index in [0.717, 1.165) is 39.0 Å². The summed E-state index contributed by atoms with van der Waals surface area (Å²) < 4.78 is 0. The third-order valence-electron chi connectivity index (χ3n) is 5.22. The number of allylic oxidation sites excluding steroid dienone is 1. The Kier molecular flexibility index (Phi) is 5.44. The molecule has 3 aromatic carbocycles. The normalized spacial score (nSPS) is 11.2. The summed E-state index contributed by atoms with van der Waals surface area (Å²) in [4.78, 5) is 20.1. The van der Waals surface area contributed by atoms with E-state index in [9.17, 15) is 4.79 Å². The maximum Gasteiger partial charge on any atom is 0.188 e. The summed E-state index contributed by atoms with van der Waals surface area (Å²) in [5.41, 5.74) is 6.36. The van der Waals surface area contributed by atoms with Gasteiger partial charge in [0.25, 0.3) is 0 Å². The van der Waals surface area contributed by atoms with Gasteiger partial charge in [0.2, 0.25) is 0 Å². The molecule has 0 aliphatic heterocycles. The zero-order valence-corrected chi connectivity index (χ0v) is 17.5. The predicted molar refractivity (Wildman–Crippen MR) is 126 cm³/mol. The van der Waals surface area contributed by atoms with Crippen LogP contribution in [0.25, 0.3) is 28.1 Å². The molecule has 30 heavy (non-hydrogen) atoms. The van der Waals surface area contributed by atoms with Gasteiger partial charge in [0.05, 0.1) is 11.1 Å². The molecule has 148 valence electrons. The highest BCUT2D eigenvalue weighted by molar-refractivity contribution is 6.16. The van der Waals surface area contributed by atoms with Crippen LogP contribution in [-0.2, 0) is 0 Å². The van der Waals surface area contributed by atoms with E-state index in [2.05, 4.69) is 4.90 Å². The Hall–Kier alpha value is -3.72. The van der Waals surface area contributed by atoms with Crippen molar-refractivity contribution in [3.63, 3.8) is 0 Å². The second kappa shape index (κ2) is 8.34. The van der Waals surface area contributed by atoms with E-state index >= 15 is 0 Å². The smallest absolute Gasteiger partial charge is 0.188 e. The summed E-state index contributed by atoms with van der Waals surface area (Å²) in [6.45, 7) is 1.91. The number of carbonyl (C=O) groups excluding carboxylic acids is 1. The summed E-state index contributed by atoms with van der Waals surface area (Å²) in [7, 11) is 4.02. The SMILES string of the molecule is Cc1nc2ccccc2c(-c2ccccc2)c1C(=O)/C=C/c1ccc(N(C)C)cc1. The first kappa shape index (κ1) is 19.6. The molecule has 0 unspecified atom stereocenters. The molecule has 1 heterocycles. The second-order valence-corrected chi connectivity index (χ2v) is 7.51. The lowest BCUT2D eigenvalue weighted by Crippen LogP contribution is -2.08. The average Bonchev–Trinajstić information content (AvgIpc) is 2.77. The number of hydrogen-bond donors (Lipinski definition) is 0. The van der Waals surface area contributed by atoms with Crippen LogP contribution in [0.1, 0.15) is 21.6 Å². The molecule has 0 aliphatic carbocycles. The van der Waals surface area contributed by atoms with Crippen molar-refractivity contribution in [2.24, 2.45) is 0 Å². The Morgan fingerprint density at radius 1 is 0.867 bits per heavy atom. The molecule has 4 rings (SSSR count). The highest BCUT2D eigenvalue weighted by Crippen LogP contribution is 2.33. The highest BCUT2D eigenvalue weighted by atomic mass is 16.1. The van der Waals surface area contributed by atoms with E-state index in [1.165, 1.54) is 0 Å². The molecule has 1 aromatic heterocycles. The minimum Gasteiger partial charge on any atom is -0.378 e. The number of carbonyl (C=O) groups is 1. The quantitative estimate of drug-likeness (QED) is 0.301. The summed E-state index contributed by atoms with van der Waals surface area (Å²) in [6, 6.07) is 26.2. The number of nitrogens with zero attached hydrogens (tertiary/aromatic N) is 2. The fourth-order valence-corrected chi connectivity index (χ4v) is 3.68. The standard InChI is InChI=1S/C27H24N2O/c1-19-26(25(30)18-15-20-13-16-22(17-14-20)29(2)3)27(21-9-5-4-6-10-21)23-11-7-8-12-24(23)28-19/h4-18H,1-3H3/b18-15+. The maximum absolute atomic E-state index is 13.3. The predicted octanol–water partition coefficient (Wildman–Crippen LogP) is 6.17. The minimum atomic E-state index is -0.0405. The Balaban J connectivity index is 1.80. The third-order valence-corrected chi connectivity index (χ3v) is 5.22. The van der Waals surface area contributed by atoms with Crippen LogP contribution in [0.15, 0.2) is 84.9 Å². The number of aryl methyl sites for hydroxylation is 1. The minimum absolute atomic E-state index is 0.0405. The lowest BCUT2D eigenvalue weighted by atomic mass is 9.92. The topological polar surface area (TPSA) is 33.2 Å². The van der Waals surface area contributed by atoms with Crippen LogP contribution in [0.3, 0.4) is 0 Å². The lowest BCUT2D eigenvalue weighted by Gasteiger charge is -2.14. The molecule has 4 aromatic rings. The summed E-state index contributed by atoms with van der Waals surface area (Å²) in [6.07, 6.45) is 3.51. The molecule has 0 saturated carbocycles. The number of fused-ring (bicyclic) bond motifs is 1. The van der Waals surface area contributed by atoms with Gasteiger partial charge in [-0.2, -0.15) is 0 Å². The van der Waals surface area contributed by atoms with E-state index in [0.29, 0.717) is 5.56 Å². The van der Waals surface area contributed by atoms with Gasteiger partial charge in [-0.1, -0.05) is 66.7 Å². The van der Waals surface area contributed by atoms with Crippen molar-refractivity contribution in [3.05, 3.63) is 102 Å². The Labute approximate surface area is 177 Å². The molecule has 0 spiro atoms. The van der Waals surface area contributed by atoms with Gasteiger partial charge in [0.15, 0.2) is 5.78 Å². The van der Waals surface area contributed by atoms with Crippen molar-refractivity contribution in [2.45, 2.75) is 6.92 Å². The molecular weight excluding hydrogens is 368 g/mol. The molecule has 0 radical (unpaired) electrons. The van der Waals surface area contributed by atoms with Crippen LogP contribution < -0.4 is 4.90 Å². The summed E-state index contributed by atoms with van der Waals surface area (Å²) >= 11 is 0. The van der Waals surface area contributed by atoms with Gasteiger partial charge in [0, 0.05) is 36.4 Å². The molecule has 0 saturated heterocycles. The van der Waals surface area contributed by atoms with Crippen molar-refractivity contribution >= 4 is 28.4 Å². The van der Waals surface area contributed by atoms with Crippen LogP contribution in [0, 0.1) is 6.92 Å². The van der Waals surface area contributed by atoms with Crippen molar-refractivity contribution in [3.8, 4) is 11.1 Å². The number of aromatic nitrogens is 1. The van der Waals surface area contributed by atoms with Gasteiger partial charge >= 0.3 is 0 Å². The lowest BCUT2D eigenvalue weighted by molar-refractivity contribution is 0.104. The van der Waals surface area contributed by atoms with Gasteiger partial charge in [-0.05, 0) is 42.3 Å². The Morgan fingerprint density at radius 3 is 2.23 bits per heavy atom. The molecular formula is C27H24N2O. The number of para-hydroxylation sites is 1. The first-order valence-corrected chi connectivity index (χ1v) is 9.99. The summed E-state index contributed by atoms with van der Waals surface area (Å²) in [5, 5.41) is 0.987. The number of hydrogen-bond acceptors (Lipinski definition) is 3. The highest BCUT2D eigenvalue weighted by Gasteiger charge is 2.18. The Bertz CT molecular complexity index is 1220. The molecule has 0 atom stereocenters. The van der Waals surface area contributed by atoms with Crippen LogP contribution in [0.2, 0.25) is 0 Å². The number of benzene rings is 3. The first-order valence-electron chi connectivity index (χ1n) is 9.99. The van der Waals surface area contributed by atoms with Crippen LogP contribution >= 0.6 is 0 Å². The van der Waals surface area contributed by atoms with Gasteiger partial charge in [-0.15, -0.1) is 0 Å². The van der Waals surface area contributed by atoms with E-state index in [1.54, 1.807) is 6.08 Å². The number of pyridine rings is 1. The van der Waals surface area contributed by atoms with E-state index in [1.807, 2.05) is 106 Å². The van der Waals surface area contributed by atoms with Gasteiger partial charge in [-0.3, -0.25) is 9.78 Å². The van der Waals surface area contributed by atoms with Crippen molar-refractivity contribution in [1.82, 2.24) is 4.98 Å². The molecule has 3 heteroatoms. The molecule has 0 amide bonds. The zero-order valence-electron chi connectivity index (χ0n) is 17.5. The van der Waals surface area contributed by atoms with E-state index in [4.69, 9.17) is 4.98 Å². The Morgan fingerprint density at radius 2 is 1.53 bits per heavy atom. The van der Waals surface area contributed by atoms with E-state index < -0.39 is 0 Å². The average molecular weight is 393 g/mol. The van der Waals surface area contributed by atoms with Crippen molar-refractivity contribution in [1.29, 1.82) is 0 Å². The maximum atomic E-state index is 13.3. The molecule has 0 bridgehead atoms. The zero-order chi connectivity index (χ0) is 21.1. The van der Waals surface area contributed by atoms with Crippen molar-refractivity contribution in [2.75, 3.05) is 19.0 Å². The number of rotatable bonds is 5. The number of anilines is 1. The van der Waals surface area contributed by atoms with Crippen molar-refractivity contribution < 1.29 is 4.79 Å². The monoisotopic (exact) mass is 392 g/mol. The fraction of sp³-hybridized carbons (Fsp3) is 0.111. The second-order valence-electron chi connectivity index (χ2n) is 7.51. The van der Waals surface area contributed by atoms with Gasteiger partial charge < -0.3 is 4.90 Å². The molecule has 3 nitrogen and oxygen atoms in total. The third kappa shape index (κ3) is 3.87. The largest absolute Gasteiger partial charge is 0.378 e. The van der Waals surface area contributed by atoms with Gasteiger partial charge in [0.1, 0.15) is 0 Å². The van der Waals surface area contributed by atoms with Crippen LogP contribution in [-0.4, -0.2) is 24.9 Å². The molecule has 0 aliphatic rings.